The Kier molecular flexibility index (Phi) is 5.61. The number of fused-ring (bicyclic) bond motifs is 1. The summed E-state index contributed by atoms with van der Waals surface area (Å²) in [7, 11) is -2.11. The fourth-order valence-corrected chi connectivity index (χ4v) is 5.54. The van der Waals surface area contributed by atoms with Gasteiger partial charge in [0.1, 0.15) is 11.5 Å². The summed E-state index contributed by atoms with van der Waals surface area (Å²) < 4.78 is 41.4. The molecule has 6 nitrogen and oxygen atoms in total. The van der Waals surface area contributed by atoms with Gasteiger partial charge < -0.3 is 9.80 Å². The van der Waals surface area contributed by atoms with E-state index in [1.807, 2.05) is 25.4 Å². The third kappa shape index (κ3) is 3.73. The Morgan fingerprint density at radius 3 is 2.30 bits per heavy atom. The molecule has 3 aromatic rings. The highest BCUT2D eigenvalue weighted by atomic mass is 32.2. The summed E-state index contributed by atoms with van der Waals surface area (Å²) in [6.07, 6.45) is 1.93. The van der Waals surface area contributed by atoms with Crippen molar-refractivity contribution in [3.63, 3.8) is 0 Å². The second-order valence-electron chi connectivity index (χ2n) is 7.27. The topological polar surface area (TPSA) is 62.6 Å². The van der Waals surface area contributed by atoms with E-state index in [-0.39, 0.29) is 16.5 Å². The number of carbonyl (C=O) groups is 1. The molecule has 9 heteroatoms. The molecule has 0 unspecified atom stereocenters. The van der Waals surface area contributed by atoms with E-state index < -0.39 is 15.8 Å². The van der Waals surface area contributed by atoms with Gasteiger partial charge in [-0.2, -0.15) is 0 Å². The van der Waals surface area contributed by atoms with E-state index in [0.717, 1.165) is 34.1 Å². The van der Waals surface area contributed by atoms with Crippen molar-refractivity contribution in [1.82, 2.24) is 13.8 Å². The third-order valence-electron chi connectivity index (χ3n) is 5.33. The van der Waals surface area contributed by atoms with Crippen LogP contribution in [0.2, 0.25) is 0 Å². The molecule has 4 rings (SSSR count). The number of amides is 1. The molecule has 1 saturated heterocycles. The Balaban J connectivity index is 1.89. The summed E-state index contributed by atoms with van der Waals surface area (Å²) in [5.41, 5.74) is 0.520. The van der Waals surface area contributed by atoms with E-state index in [4.69, 9.17) is 0 Å². The number of carbonyl (C=O) groups excluding carboxylic acids is 1. The zero-order chi connectivity index (χ0) is 21.5. The van der Waals surface area contributed by atoms with Crippen molar-refractivity contribution >= 4 is 38.6 Å². The first-order valence-electron chi connectivity index (χ1n) is 9.50. The predicted molar refractivity (Wildman–Crippen MR) is 116 cm³/mol. The minimum atomic E-state index is -4.10. The van der Waals surface area contributed by atoms with E-state index in [1.165, 1.54) is 23.9 Å². The van der Waals surface area contributed by atoms with Crippen molar-refractivity contribution in [3.05, 3.63) is 60.0 Å². The molecule has 0 atom stereocenters. The quantitative estimate of drug-likeness (QED) is 0.575. The molecule has 0 N–H and O–H groups in total. The molecule has 2 aromatic carbocycles. The summed E-state index contributed by atoms with van der Waals surface area (Å²) in [6.45, 7) is 2.52. The first-order valence-corrected chi connectivity index (χ1v) is 12.2. The normalized spacial score (nSPS) is 15.6. The number of piperazine rings is 1. The molecule has 2 heterocycles. The molecule has 1 aromatic heterocycles. The lowest BCUT2D eigenvalue weighted by Crippen LogP contribution is -2.47. The largest absolute Gasteiger partial charge is 0.335 e. The standard InChI is InChI=1S/C21H22FN3O3S2/c1-23-9-11-24(12-10-23)21(26)20-14-15-13-17(29-2)5-8-19(15)25(20)30(27,28)18-6-3-16(22)4-7-18/h3-8,13-14H,9-12H2,1-2H3. The second-order valence-corrected chi connectivity index (χ2v) is 9.94. The van der Waals surface area contributed by atoms with Crippen molar-refractivity contribution in [2.45, 2.75) is 9.79 Å². The summed E-state index contributed by atoms with van der Waals surface area (Å²) in [4.78, 5) is 18.0. The highest BCUT2D eigenvalue weighted by Crippen LogP contribution is 2.30. The Morgan fingerprint density at radius 1 is 1.00 bits per heavy atom. The fraction of sp³-hybridized carbons (Fsp3) is 0.286. The van der Waals surface area contributed by atoms with Crippen LogP contribution in [0.5, 0.6) is 0 Å². The van der Waals surface area contributed by atoms with Crippen LogP contribution in [0.15, 0.2) is 58.3 Å². The summed E-state index contributed by atoms with van der Waals surface area (Å²) in [5, 5.41) is 0.671. The highest BCUT2D eigenvalue weighted by Gasteiger charge is 2.30. The number of benzene rings is 2. The fourth-order valence-electron chi connectivity index (χ4n) is 3.59. The molecule has 0 aliphatic carbocycles. The van der Waals surface area contributed by atoms with Crippen LogP contribution >= 0.6 is 11.8 Å². The monoisotopic (exact) mass is 447 g/mol. The Morgan fingerprint density at radius 2 is 1.67 bits per heavy atom. The molecular formula is C21H22FN3O3S2. The van der Waals surface area contributed by atoms with Gasteiger partial charge in [0.15, 0.2) is 0 Å². The Hall–Kier alpha value is -2.36. The van der Waals surface area contributed by atoms with E-state index in [2.05, 4.69) is 4.90 Å². The number of hydrogen-bond donors (Lipinski definition) is 0. The molecule has 158 valence electrons. The van der Waals surface area contributed by atoms with E-state index >= 15 is 0 Å². The van der Waals surface area contributed by atoms with Crippen molar-refractivity contribution < 1.29 is 17.6 Å². The highest BCUT2D eigenvalue weighted by molar-refractivity contribution is 7.98. The maximum absolute atomic E-state index is 13.5. The van der Waals surface area contributed by atoms with Crippen LogP contribution in [0.4, 0.5) is 4.39 Å². The van der Waals surface area contributed by atoms with Gasteiger partial charge in [-0.1, -0.05) is 0 Å². The lowest BCUT2D eigenvalue weighted by Gasteiger charge is -2.32. The maximum Gasteiger partial charge on any atom is 0.271 e. The molecule has 0 radical (unpaired) electrons. The smallest absolute Gasteiger partial charge is 0.271 e. The van der Waals surface area contributed by atoms with Gasteiger partial charge in [0.05, 0.1) is 10.4 Å². The Labute approximate surface area is 179 Å². The van der Waals surface area contributed by atoms with Crippen LogP contribution in [-0.2, 0) is 10.0 Å². The van der Waals surface area contributed by atoms with Gasteiger partial charge >= 0.3 is 0 Å². The average molecular weight is 448 g/mol. The second kappa shape index (κ2) is 8.05. The number of halogens is 1. The Bertz CT molecular complexity index is 1200. The van der Waals surface area contributed by atoms with Crippen LogP contribution in [-0.4, -0.2) is 67.6 Å². The van der Waals surface area contributed by atoms with Gasteiger partial charge in [0, 0.05) is 36.5 Å². The van der Waals surface area contributed by atoms with Crippen molar-refractivity contribution in [1.29, 1.82) is 0 Å². The van der Waals surface area contributed by atoms with Crippen LogP contribution in [0.25, 0.3) is 10.9 Å². The van der Waals surface area contributed by atoms with Gasteiger partial charge in [-0.25, -0.2) is 16.8 Å². The van der Waals surface area contributed by atoms with Gasteiger partial charge in [-0.15, -0.1) is 11.8 Å². The molecule has 1 fully saturated rings. The summed E-state index contributed by atoms with van der Waals surface area (Å²) in [5.74, 6) is -0.847. The van der Waals surface area contributed by atoms with E-state index in [0.29, 0.717) is 24.0 Å². The van der Waals surface area contributed by atoms with Gasteiger partial charge in [-0.05, 0) is 61.8 Å². The van der Waals surface area contributed by atoms with Crippen LogP contribution in [0, 0.1) is 5.82 Å². The average Bonchev–Trinajstić information content (AvgIpc) is 3.13. The van der Waals surface area contributed by atoms with Gasteiger partial charge in [-0.3, -0.25) is 4.79 Å². The van der Waals surface area contributed by atoms with Crippen molar-refractivity contribution in [2.24, 2.45) is 0 Å². The molecule has 1 aliphatic heterocycles. The molecule has 1 aliphatic rings. The molecule has 0 spiro atoms. The molecule has 30 heavy (non-hydrogen) atoms. The first kappa shape index (κ1) is 20.9. The number of rotatable bonds is 4. The number of aromatic nitrogens is 1. The van der Waals surface area contributed by atoms with Crippen LogP contribution in [0.3, 0.4) is 0 Å². The molecule has 0 saturated carbocycles. The lowest BCUT2D eigenvalue weighted by molar-refractivity contribution is 0.0657. The number of likely N-dealkylation sites (N-methyl/N-ethyl adjacent to an activating group) is 1. The molecule has 1 amide bonds. The zero-order valence-corrected chi connectivity index (χ0v) is 18.3. The number of hydrogen-bond acceptors (Lipinski definition) is 5. The first-order chi connectivity index (χ1) is 14.3. The van der Waals surface area contributed by atoms with Crippen molar-refractivity contribution in [2.75, 3.05) is 39.5 Å². The number of thioether (sulfide) groups is 1. The third-order valence-corrected chi connectivity index (χ3v) is 7.79. The van der Waals surface area contributed by atoms with Crippen molar-refractivity contribution in [3.8, 4) is 0 Å². The van der Waals surface area contributed by atoms with Crippen LogP contribution < -0.4 is 0 Å². The summed E-state index contributed by atoms with van der Waals surface area (Å²) in [6, 6.07) is 11.7. The SMILES string of the molecule is CSc1ccc2c(c1)cc(C(=O)N1CCN(C)CC1)n2S(=O)(=O)c1ccc(F)cc1. The predicted octanol–water partition coefficient (Wildman–Crippen LogP) is 3.13. The minimum absolute atomic E-state index is 0.0669. The molecule has 0 bridgehead atoms. The molecular weight excluding hydrogens is 425 g/mol. The minimum Gasteiger partial charge on any atom is -0.335 e. The lowest BCUT2D eigenvalue weighted by atomic mass is 10.2. The zero-order valence-electron chi connectivity index (χ0n) is 16.7. The van der Waals surface area contributed by atoms with E-state index in [1.54, 1.807) is 17.0 Å². The maximum atomic E-state index is 13.5. The van der Waals surface area contributed by atoms with Gasteiger partial charge in [0.25, 0.3) is 15.9 Å². The summed E-state index contributed by atoms with van der Waals surface area (Å²) >= 11 is 1.54. The van der Waals surface area contributed by atoms with Gasteiger partial charge in [0.2, 0.25) is 0 Å². The number of nitrogens with zero attached hydrogens (tertiary/aromatic N) is 3. The van der Waals surface area contributed by atoms with E-state index in [9.17, 15) is 17.6 Å². The van der Waals surface area contributed by atoms with Crippen LogP contribution in [0.1, 0.15) is 10.5 Å².